The number of nitrogens with one attached hydrogen (secondary N) is 1. The van der Waals surface area contributed by atoms with Gasteiger partial charge in [-0.25, -0.2) is 14.4 Å². The Labute approximate surface area is 187 Å². The molecule has 1 aliphatic heterocycles. The molecule has 1 aliphatic rings. The summed E-state index contributed by atoms with van der Waals surface area (Å²) in [4.78, 5) is 37.1. The van der Waals surface area contributed by atoms with E-state index >= 15 is 0 Å². The van der Waals surface area contributed by atoms with E-state index in [0.717, 1.165) is 0 Å². The first-order chi connectivity index (χ1) is 15.3. The van der Waals surface area contributed by atoms with E-state index in [1.54, 1.807) is 45.9 Å². The molecule has 0 radical (unpaired) electrons. The number of rotatable bonds is 9. The fourth-order valence-electron chi connectivity index (χ4n) is 3.46. The van der Waals surface area contributed by atoms with Gasteiger partial charge in [-0.2, -0.15) is 0 Å². The summed E-state index contributed by atoms with van der Waals surface area (Å²) in [7, 11) is 2.72. The molecule has 0 amide bonds. The van der Waals surface area contributed by atoms with Crippen LogP contribution >= 0.6 is 0 Å². The average molecular weight is 447 g/mol. The van der Waals surface area contributed by atoms with Gasteiger partial charge in [0.05, 0.1) is 44.5 Å². The third-order valence-corrected chi connectivity index (χ3v) is 4.85. The molecule has 0 unspecified atom stereocenters. The van der Waals surface area contributed by atoms with Gasteiger partial charge in [-0.05, 0) is 45.4 Å². The summed E-state index contributed by atoms with van der Waals surface area (Å²) < 4.78 is 26.0. The van der Waals surface area contributed by atoms with Gasteiger partial charge in [0.1, 0.15) is 0 Å². The molecule has 9 nitrogen and oxygen atoms in total. The van der Waals surface area contributed by atoms with Crippen molar-refractivity contribution in [3.63, 3.8) is 0 Å². The van der Waals surface area contributed by atoms with Crippen molar-refractivity contribution in [3.8, 4) is 11.5 Å². The summed E-state index contributed by atoms with van der Waals surface area (Å²) in [5.41, 5.74) is 2.34. The number of allylic oxidation sites excluding steroid dienone is 2. The van der Waals surface area contributed by atoms with Gasteiger partial charge < -0.3 is 29.0 Å². The number of carbonyl (C=O) groups is 3. The highest BCUT2D eigenvalue weighted by Crippen LogP contribution is 2.42. The van der Waals surface area contributed by atoms with Gasteiger partial charge in [0.2, 0.25) is 0 Å². The molecule has 2 rings (SSSR count). The number of methoxy groups -OCH3 is 2. The summed E-state index contributed by atoms with van der Waals surface area (Å²) >= 11 is 0. The van der Waals surface area contributed by atoms with Gasteiger partial charge >= 0.3 is 17.9 Å². The molecule has 32 heavy (non-hydrogen) atoms. The monoisotopic (exact) mass is 447 g/mol. The standard InChI is InChI=1S/C23H29NO8/c1-7-30-22(26)19-13(3)24-14(4)20(23(27)31-8-2)21(19)15-9-10-16(17(11-15)28-5)32-12-18(25)29-6/h9-11,21,24H,7-8,12H2,1-6H3. The molecule has 174 valence electrons. The predicted octanol–water partition coefficient (Wildman–Crippen LogP) is 2.61. The fourth-order valence-corrected chi connectivity index (χ4v) is 3.46. The molecule has 1 aromatic rings. The van der Waals surface area contributed by atoms with Crippen LogP contribution in [0.2, 0.25) is 0 Å². The van der Waals surface area contributed by atoms with Crippen LogP contribution in [0, 0.1) is 0 Å². The molecule has 0 bridgehead atoms. The first-order valence-electron chi connectivity index (χ1n) is 10.2. The smallest absolute Gasteiger partial charge is 0.343 e. The van der Waals surface area contributed by atoms with E-state index < -0.39 is 23.8 Å². The zero-order valence-corrected chi connectivity index (χ0v) is 19.2. The van der Waals surface area contributed by atoms with Crippen molar-refractivity contribution in [1.82, 2.24) is 5.32 Å². The molecular weight excluding hydrogens is 418 g/mol. The Morgan fingerprint density at radius 3 is 1.94 bits per heavy atom. The summed E-state index contributed by atoms with van der Waals surface area (Å²) in [6.07, 6.45) is 0. The Balaban J connectivity index is 2.60. The van der Waals surface area contributed by atoms with Crippen molar-refractivity contribution in [2.75, 3.05) is 34.0 Å². The van der Waals surface area contributed by atoms with Crippen LogP contribution in [0.1, 0.15) is 39.2 Å². The van der Waals surface area contributed by atoms with E-state index in [9.17, 15) is 14.4 Å². The van der Waals surface area contributed by atoms with Crippen molar-refractivity contribution in [1.29, 1.82) is 0 Å². The largest absolute Gasteiger partial charge is 0.493 e. The normalized spacial score (nSPS) is 13.9. The zero-order chi connectivity index (χ0) is 23.8. The lowest BCUT2D eigenvalue weighted by atomic mass is 9.80. The number of hydrogen-bond donors (Lipinski definition) is 1. The molecule has 1 aromatic carbocycles. The number of dihydropyridines is 1. The lowest BCUT2D eigenvalue weighted by molar-refractivity contribution is -0.143. The van der Waals surface area contributed by atoms with Crippen LogP contribution in [0.15, 0.2) is 40.7 Å². The molecule has 1 N–H and O–H groups in total. The second kappa shape index (κ2) is 11.2. The van der Waals surface area contributed by atoms with Crippen molar-refractivity contribution in [3.05, 3.63) is 46.3 Å². The van der Waals surface area contributed by atoms with Crippen molar-refractivity contribution < 1.29 is 38.1 Å². The second-order valence-corrected chi connectivity index (χ2v) is 6.85. The third-order valence-electron chi connectivity index (χ3n) is 4.85. The van der Waals surface area contributed by atoms with E-state index in [0.29, 0.717) is 39.6 Å². The van der Waals surface area contributed by atoms with E-state index in [2.05, 4.69) is 10.1 Å². The average Bonchev–Trinajstić information content (AvgIpc) is 2.76. The maximum absolute atomic E-state index is 12.9. The summed E-state index contributed by atoms with van der Waals surface area (Å²) in [6, 6.07) is 4.96. The Hall–Kier alpha value is -3.49. The second-order valence-electron chi connectivity index (χ2n) is 6.85. The number of esters is 3. The van der Waals surface area contributed by atoms with Gasteiger partial charge in [-0.15, -0.1) is 0 Å². The Morgan fingerprint density at radius 2 is 1.47 bits per heavy atom. The minimum atomic E-state index is -0.752. The molecule has 0 saturated carbocycles. The van der Waals surface area contributed by atoms with Gasteiger partial charge in [-0.3, -0.25) is 0 Å². The minimum Gasteiger partial charge on any atom is -0.493 e. The Bertz CT molecular complexity index is 907. The van der Waals surface area contributed by atoms with Gasteiger partial charge in [0, 0.05) is 11.4 Å². The van der Waals surface area contributed by atoms with Crippen LogP contribution in [0.3, 0.4) is 0 Å². The molecule has 9 heteroatoms. The third kappa shape index (κ3) is 5.40. The van der Waals surface area contributed by atoms with Crippen LogP contribution in [-0.4, -0.2) is 51.9 Å². The van der Waals surface area contributed by atoms with E-state index in [4.69, 9.17) is 18.9 Å². The molecule has 0 fully saturated rings. The topological polar surface area (TPSA) is 109 Å². The number of carbonyl (C=O) groups excluding carboxylic acids is 3. The Morgan fingerprint density at radius 1 is 0.906 bits per heavy atom. The maximum Gasteiger partial charge on any atom is 0.343 e. The lowest BCUT2D eigenvalue weighted by Gasteiger charge is -2.30. The van der Waals surface area contributed by atoms with E-state index in [1.807, 2.05) is 0 Å². The molecular formula is C23H29NO8. The van der Waals surface area contributed by atoms with Crippen molar-refractivity contribution in [2.24, 2.45) is 0 Å². The van der Waals surface area contributed by atoms with Gasteiger partial charge in [0.15, 0.2) is 18.1 Å². The number of ether oxygens (including phenoxy) is 5. The van der Waals surface area contributed by atoms with Gasteiger partial charge in [0.25, 0.3) is 0 Å². The van der Waals surface area contributed by atoms with Crippen LogP contribution in [-0.2, 0) is 28.6 Å². The van der Waals surface area contributed by atoms with E-state index in [1.165, 1.54) is 14.2 Å². The molecule has 1 heterocycles. The molecule has 0 saturated heterocycles. The molecule has 0 aliphatic carbocycles. The summed E-state index contributed by atoms with van der Waals surface area (Å²) in [6.45, 7) is 6.99. The van der Waals surface area contributed by atoms with E-state index in [-0.39, 0.29) is 19.8 Å². The minimum absolute atomic E-state index is 0.184. The van der Waals surface area contributed by atoms with Crippen molar-refractivity contribution >= 4 is 17.9 Å². The zero-order valence-electron chi connectivity index (χ0n) is 19.2. The van der Waals surface area contributed by atoms with Crippen LogP contribution in [0.4, 0.5) is 0 Å². The highest BCUT2D eigenvalue weighted by atomic mass is 16.6. The maximum atomic E-state index is 12.9. The van der Waals surface area contributed by atoms with Crippen LogP contribution < -0.4 is 14.8 Å². The number of hydrogen-bond acceptors (Lipinski definition) is 9. The molecule has 0 atom stereocenters. The number of benzene rings is 1. The van der Waals surface area contributed by atoms with Crippen LogP contribution in [0.25, 0.3) is 0 Å². The highest BCUT2D eigenvalue weighted by Gasteiger charge is 2.38. The van der Waals surface area contributed by atoms with Crippen molar-refractivity contribution in [2.45, 2.75) is 33.6 Å². The molecule has 0 aromatic heterocycles. The highest BCUT2D eigenvalue weighted by molar-refractivity contribution is 6.00. The fraction of sp³-hybridized carbons (Fsp3) is 0.435. The lowest BCUT2D eigenvalue weighted by Crippen LogP contribution is -2.32. The molecule has 0 spiro atoms. The Kier molecular flexibility index (Phi) is 8.69. The summed E-state index contributed by atoms with van der Waals surface area (Å²) in [5, 5.41) is 3.09. The van der Waals surface area contributed by atoms with Gasteiger partial charge in [-0.1, -0.05) is 6.07 Å². The first-order valence-corrected chi connectivity index (χ1v) is 10.2. The SMILES string of the molecule is CCOC(=O)C1=C(C)NC(C)=C(C(=O)OCC)C1c1ccc(OCC(=O)OC)c(OC)c1. The first kappa shape index (κ1) is 24.8. The predicted molar refractivity (Wildman–Crippen MR) is 115 cm³/mol. The summed E-state index contributed by atoms with van der Waals surface area (Å²) in [5.74, 6) is -1.73. The quantitative estimate of drug-likeness (QED) is 0.451. The van der Waals surface area contributed by atoms with Crippen LogP contribution in [0.5, 0.6) is 11.5 Å².